The Morgan fingerprint density at radius 3 is 0.682 bits per heavy atom. The van der Waals surface area contributed by atoms with Crippen molar-refractivity contribution in [2.75, 3.05) is 14.1 Å². The average molecular weight is 336 g/mol. The van der Waals surface area contributed by atoms with Crippen LogP contribution in [0.1, 0.15) is 117 Å². The summed E-state index contributed by atoms with van der Waals surface area (Å²) in [5, 5.41) is 2.75. The highest BCUT2D eigenvalue weighted by Crippen LogP contribution is 2.13. The lowest BCUT2D eigenvalue weighted by atomic mass is 10.0. The van der Waals surface area contributed by atoms with Gasteiger partial charge in [0.05, 0.1) is 0 Å². The second-order valence-corrected chi connectivity index (χ2v) is 6.45. The van der Waals surface area contributed by atoms with Gasteiger partial charge in [0.2, 0.25) is 0 Å². The second-order valence-electron chi connectivity index (χ2n) is 6.45. The van der Waals surface area contributed by atoms with E-state index in [0.717, 1.165) is 0 Å². The minimum atomic E-state index is 0. The van der Waals surface area contributed by atoms with Crippen molar-refractivity contribution in [2.24, 2.45) is 0 Å². The number of hydrogen-bond acceptors (Lipinski definition) is 1. The van der Waals surface area contributed by atoms with E-state index >= 15 is 0 Å². The molecule has 22 heavy (non-hydrogen) atoms. The Labute approximate surface area is 148 Å². The van der Waals surface area contributed by atoms with Crippen LogP contribution in [0, 0.1) is 0 Å². The molecular formula is C20H46ClN. The van der Waals surface area contributed by atoms with Gasteiger partial charge in [-0.25, -0.2) is 0 Å². The zero-order valence-electron chi connectivity index (χ0n) is 16.2. The Morgan fingerprint density at radius 2 is 0.545 bits per heavy atom. The third-order valence-corrected chi connectivity index (χ3v) is 3.96. The smallest absolute Gasteiger partial charge is 0.0167 e. The molecule has 0 heterocycles. The summed E-state index contributed by atoms with van der Waals surface area (Å²) in [5.41, 5.74) is 0. The molecule has 0 radical (unpaired) electrons. The van der Waals surface area contributed by atoms with Gasteiger partial charge in [-0.05, 0) is 14.1 Å². The normalized spacial score (nSPS) is 9.82. The van der Waals surface area contributed by atoms with Crippen molar-refractivity contribution in [3.8, 4) is 0 Å². The Bertz CT molecular complexity index is 135. The molecule has 138 valence electrons. The van der Waals surface area contributed by atoms with Crippen molar-refractivity contribution in [1.82, 2.24) is 5.32 Å². The van der Waals surface area contributed by atoms with Gasteiger partial charge in [-0.15, -0.1) is 12.4 Å². The largest absolute Gasteiger partial charge is 0.323 e. The Kier molecular flexibility index (Phi) is 36.1. The zero-order chi connectivity index (χ0) is 16.0. The van der Waals surface area contributed by atoms with E-state index in [9.17, 15) is 0 Å². The van der Waals surface area contributed by atoms with Crippen LogP contribution in [0.3, 0.4) is 0 Å². The summed E-state index contributed by atoms with van der Waals surface area (Å²) in [6, 6.07) is 0. The highest BCUT2D eigenvalue weighted by molar-refractivity contribution is 5.85. The molecule has 0 rings (SSSR count). The summed E-state index contributed by atoms with van der Waals surface area (Å²) in [6.45, 7) is 4.59. The minimum Gasteiger partial charge on any atom is -0.323 e. The van der Waals surface area contributed by atoms with Crippen molar-refractivity contribution in [3.63, 3.8) is 0 Å². The molecule has 0 aromatic carbocycles. The molecule has 0 saturated heterocycles. The van der Waals surface area contributed by atoms with Gasteiger partial charge in [-0.3, -0.25) is 0 Å². The summed E-state index contributed by atoms with van der Waals surface area (Å²) in [5.74, 6) is 0. The van der Waals surface area contributed by atoms with Crippen LogP contribution >= 0.6 is 12.4 Å². The van der Waals surface area contributed by atoms with Crippen LogP contribution in [-0.4, -0.2) is 14.1 Å². The summed E-state index contributed by atoms with van der Waals surface area (Å²) < 4.78 is 0. The number of hydrogen-bond donors (Lipinski definition) is 1. The standard InChI is InChI=1S/C18H38.C2H7N.ClH/c1-3-5-7-9-11-13-15-17-18-16-14-12-10-8-6-4-2;1-3-2;/h3-18H2,1-2H3;3H,1-2H3;1H. The number of halogens is 1. The van der Waals surface area contributed by atoms with Gasteiger partial charge in [-0.2, -0.15) is 0 Å². The minimum absolute atomic E-state index is 0. The predicted molar refractivity (Wildman–Crippen MR) is 107 cm³/mol. The molecule has 0 aromatic rings. The van der Waals surface area contributed by atoms with Crippen molar-refractivity contribution in [3.05, 3.63) is 0 Å². The lowest BCUT2D eigenvalue weighted by molar-refractivity contribution is 0.531. The third-order valence-electron chi connectivity index (χ3n) is 3.96. The van der Waals surface area contributed by atoms with Gasteiger partial charge in [-0.1, -0.05) is 117 Å². The quantitative estimate of drug-likeness (QED) is 0.305. The fraction of sp³-hybridized carbons (Fsp3) is 1.00. The molecule has 0 spiro atoms. The maximum atomic E-state index is 2.75. The molecule has 0 atom stereocenters. The maximum Gasteiger partial charge on any atom is -0.0167 e. The topological polar surface area (TPSA) is 12.0 Å². The van der Waals surface area contributed by atoms with Crippen LogP contribution in [0.25, 0.3) is 0 Å². The molecule has 0 bridgehead atoms. The maximum absolute atomic E-state index is 2.75. The second kappa shape index (κ2) is 29.3. The molecule has 1 N–H and O–H groups in total. The van der Waals surface area contributed by atoms with Gasteiger partial charge in [0, 0.05) is 0 Å². The summed E-state index contributed by atoms with van der Waals surface area (Å²) in [4.78, 5) is 0. The highest BCUT2D eigenvalue weighted by Gasteiger charge is 1.93. The van der Waals surface area contributed by atoms with Crippen molar-refractivity contribution < 1.29 is 0 Å². The first-order chi connectivity index (χ1) is 10.3. The number of nitrogens with one attached hydrogen (secondary N) is 1. The molecule has 0 aliphatic carbocycles. The fourth-order valence-corrected chi connectivity index (χ4v) is 2.62. The molecule has 0 amide bonds. The van der Waals surface area contributed by atoms with Gasteiger partial charge in [0.15, 0.2) is 0 Å². The van der Waals surface area contributed by atoms with E-state index in [4.69, 9.17) is 0 Å². The van der Waals surface area contributed by atoms with E-state index in [1.807, 2.05) is 14.1 Å². The zero-order valence-corrected chi connectivity index (χ0v) is 17.0. The molecule has 1 nitrogen and oxygen atoms in total. The summed E-state index contributed by atoms with van der Waals surface area (Å²) >= 11 is 0. The van der Waals surface area contributed by atoms with E-state index in [1.165, 1.54) is 103 Å². The van der Waals surface area contributed by atoms with Crippen LogP contribution in [0.15, 0.2) is 0 Å². The van der Waals surface area contributed by atoms with Crippen LogP contribution < -0.4 is 5.32 Å². The van der Waals surface area contributed by atoms with Gasteiger partial charge >= 0.3 is 0 Å². The van der Waals surface area contributed by atoms with Gasteiger partial charge in [0.25, 0.3) is 0 Å². The Morgan fingerprint density at radius 1 is 0.409 bits per heavy atom. The molecule has 0 saturated carbocycles. The van der Waals surface area contributed by atoms with Crippen LogP contribution in [0.2, 0.25) is 0 Å². The molecule has 0 unspecified atom stereocenters. The summed E-state index contributed by atoms with van der Waals surface area (Å²) in [7, 11) is 3.75. The lowest BCUT2D eigenvalue weighted by Gasteiger charge is -2.03. The monoisotopic (exact) mass is 335 g/mol. The van der Waals surface area contributed by atoms with Crippen LogP contribution in [0.4, 0.5) is 0 Å². The molecule has 0 aliphatic rings. The highest BCUT2D eigenvalue weighted by atomic mass is 35.5. The van der Waals surface area contributed by atoms with E-state index in [-0.39, 0.29) is 12.4 Å². The number of unbranched alkanes of at least 4 members (excludes halogenated alkanes) is 15. The van der Waals surface area contributed by atoms with E-state index < -0.39 is 0 Å². The van der Waals surface area contributed by atoms with Gasteiger partial charge < -0.3 is 5.32 Å². The predicted octanol–water partition coefficient (Wildman–Crippen LogP) is 7.53. The Hall–Kier alpha value is 0.250. The molecule has 0 fully saturated rings. The van der Waals surface area contributed by atoms with Crippen LogP contribution in [0.5, 0.6) is 0 Å². The molecule has 2 heteroatoms. The van der Waals surface area contributed by atoms with E-state index in [2.05, 4.69) is 19.2 Å². The lowest BCUT2D eigenvalue weighted by Crippen LogP contribution is -1.89. The average Bonchev–Trinajstić information content (AvgIpc) is 2.48. The molecular weight excluding hydrogens is 290 g/mol. The number of rotatable bonds is 15. The first-order valence-electron chi connectivity index (χ1n) is 9.91. The molecule has 0 aliphatic heterocycles. The van der Waals surface area contributed by atoms with E-state index in [0.29, 0.717) is 0 Å². The van der Waals surface area contributed by atoms with Crippen molar-refractivity contribution in [1.29, 1.82) is 0 Å². The van der Waals surface area contributed by atoms with Crippen LogP contribution in [-0.2, 0) is 0 Å². The third kappa shape index (κ3) is 32.3. The fourth-order valence-electron chi connectivity index (χ4n) is 2.62. The summed E-state index contributed by atoms with van der Waals surface area (Å²) in [6.07, 6.45) is 23.4. The van der Waals surface area contributed by atoms with Crippen molar-refractivity contribution in [2.45, 2.75) is 117 Å². The van der Waals surface area contributed by atoms with E-state index in [1.54, 1.807) is 0 Å². The SMILES string of the molecule is CCCCCCCCCCCCCCCCCC.CNC.Cl. The Balaban J connectivity index is -0.000000827. The molecule has 0 aromatic heterocycles. The first-order valence-corrected chi connectivity index (χ1v) is 9.91. The van der Waals surface area contributed by atoms with Crippen molar-refractivity contribution >= 4 is 12.4 Å². The van der Waals surface area contributed by atoms with Gasteiger partial charge in [0.1, 0.15) is 0 Å². The first kappa shape index (κ1) is 27.1.